The molecule has 3 rings (SSSR count). The van der Waals surface area contributed by atoms with Crippen LogP contribution >= 0.6 is 0 Å². The number of pyridine rings is 1. The maximum absolute atomic E-state index is 5.51. The van der Waals surface area contributed by atoms with Gasteiger partial charge in [0.2, 0.25) is 0 Å². The van der Waals surface area contributed by atoms with E-state index in [9.17, 15) is 0 Å². The van der Waals surface area contributed by atoms with Crippen LogP contribution in [0.2, 0.25) is 0 Å². The van der Waals surface area contributed by atoms with E-state index in [2.05, 4.69) is 35.3 Å². The van der Waals surface area contributed by atoms with E-state index >= 15 is 0 Å². The number of hydrogen-bond acceptors (Lipinski definition) is 2. The molecule has 0 radical (unpaired) electrons. The summed E-state index contributed by atoms with van der Waals surface area (Å²) in [5.74, 6) is 0.969. The van der Waals surface area contributed by atoms with Crippen molar-refractivity contribution in [2.75, 3.05) is 32.8 Å². The predicted molar refractivity (Wildman–Crippen MR) is 90.6 cm³/mol. The van der Waals surface area contributed by atoms with E-state index in [1.807, 2.05) is 25.4 Å². The Bertz CT molecular complexity index is 577. The lowest BCUT2D eigenvalue weighted by atomic mass is 10.2. The number of nitrogens with zero attached hydrogens (tertiary/aromatic N) is 1. The Labute approximate surface area is 138 Å². The fraction of sp³-hybridized carbons (Fsp3) is 0.421. The standard InChI is InChI=1S/C19H25N3O/c1-2-23-19-7-5-17(6-8-19)15-21-10-12-22(13-11-21)16-18-4-3-9-20-14-18/h3-9,14H,2,10-13,15-16H2,1H3/p+2. The lowest BCUT2D eigenvalue weighted by Gasteiger charge is -2.29. The van der Waals surface area contributed by atoms with Gasteiger partial charge in [0.15, 0.2) is 0 Å². The first-order chi connectivity index (χ1) is 11.3. The topological polar surface area (TPSA) is 31.0 Å². The largest absolute Gasteiger partial charge is 0.494 e. The highest BCUT2D eigenvalue weighted by Crippen LogP contribution is 2.11. The molecule has 0 atom stereocenters. The lowest BCUT2D eigenvalue weighted by molar-refractivity contribution is -1.02. The third kappa shape index (κ3) is 4.78. The van der Waals surface area contributed by atoms with Gasteiger partial charge in [-0.15, -0.1) is 0 Å². The minimum atomic E-state index is 0.728. The summed E-state index contributed by atoms with van der Waals surface area (Å²) in [6, 6.07) is 12.8. The smallest absolute Gasteiger partial charge is 0.127 e. The van der Waals surface area contributed by atoms with Crippen LogP contribution < -0.4 is 14.5 Å². The lowest BCUT2D eigenvalue weighted by Crippen LogP contribution is -3.27. The highest BCUT2D eigenvalue weighted by Gasteiger charge is 2.23. The Balaban J connectivity index is 1.45. The number of benzene rings is 1. The zero-order valence-corrected chi connectivity index (χ0v) is 13.9. The van der Waals surface area contributed by atoms with Gasteiger partial charge in [-0.25, -0.2) is 0 Å². The average Bonchev–Trinajstić information content (AvgIpc) is 2.60. The fourth-order valence-electron chi connectivity index (χ4n) is 3.26. The van der Waals surface area contributed by atoms with Gasteiger partial charge in [0, 0.05) is 23.5 Å². The SMILES string of the molecule is CCOc1ccc(C[NH+]2CC[NH+](Cc3cccnc3)CC2)cc1. The second-order valence-electron chi connectivity index (χ2n) is 6.29. The molecule has 1 aromatic heterocycles. The van der Waals surface area contributed by atoms with Gasteiger partial charge in [-0.3, -0.25) is 4.98 Å². The zero-order valence-electron chi connectivity index (χ0n) is 13.9. The van der Waals surface area contributed by atoms with Gasteiger partial charge in [-0.2, -0.15) is 0 Å². The first kappa shape index (κ1) is 16.0. The third-order valence-corrected chi connectivity index (χ3v) is 4.53. The Morgan fingerprint density at radius 2 is 1.57 bits per heavy atom. The maximum Gasteiger partial charge on any atom is 0.127 e. The molecule has 122 valence electrons. The number of quaternary nitrogens is 2. The Morgan fingerprint density at radius 1 is 0.913 bits per heavy atom. The van der Waals surface area contributed by atoms with Crippen LogP contribution in [0, 0.1) is 0 Å². The molecule has 4 heteroatoms. The summed E-state index contributed by atoms with van der Waals surface area (Å²) in [5.41, 5.74) is 2.75. The molecule has 1 fully saturated rings. The van der Waals surface area contributed by atoms with Crippen LogP contribution in [0.1, 0.15) is 18.1 Å². The van der Waals surface area contributed by atoms with Crippen molar-refractivity contribution in [1.82, 2.24) is 4.98 Å². The van der Waals surface area contributed by atoms with Gasteiger partial charge < -0.3 is 14.5 Å². The van der Waals surface area contributed by atoms with Crippen LogP contribution in [-0.2, 0) is 13.1 Å². The van der Waals surface area contributed by atoms with Gasteiger partial charge in [0.25, 0.3) is 0 Å². The Hall–Kier alpha value is -1.91. The molecule has 23 heavy (non-hydrogen) atoms. The fourth-order valence-corrected chi connectivity index (χ4v) is 3.26. The van der Waals surface area contributed by atoms with Crippen molar-refractivity contribution in [1.29, 1.82) is 0 Å². The second kappa shape index (κ2) is 8.09. The number of ether oxygens (including phenoxy) is 1. The molecular formula is C19H27N3O+2. The molecule has 1 aliphatic rings. The Morgan fingerprint density at radius 3 is 2.13 bits per heavy atom. The van der Waals surface area contributed by atoms with Gasteiger partial charge in [0.1, 0.15) is 45.0 Å². The molecule has 4 nitrogen and oxygen atoms in total. The number of rotatable bonds is 6. The molecule has 0 spiro atoms. The molecule has 0 bridgehead atoms. The van der Waals surface area contributed by atoms with Crippen LogP contribution in [0.5, 0.6) is 5.75 Å². The number of hydrogen-bond donors (Lipinski definition) is 2. The normalized spacial score (nSPS) is 21.1. The van der Waals surface area contributed by atoms with Crippen LogP contribution in [0.3, 0.4) is 0 Å². The summed E-state index contributed by atoms with van der Waals surface area (Å²) in [7, 11) is 0. The number of aromatic nitrogens is 1. The molecule has 0 aliphatic carbocycles. The molecule has 0 amide bonds. The van der Waals surface area contributed by atoms with E-state index in [1.54, 1.807) is 9.80 Å². The van der Waals surface area contributed by atoms with E-state index in [0.29, 0.717) is 0 Å². The number of piperazine rings is 1. The average molecular weight is 313 g/mol. The van der Waals surface area contributed by atoms with Crippen molar-refractivity contribution in [3.05, 3.63) is 59.9 Å². The highest BCUT2D eigenvalue weighted by molar-refractivity contribution is 5.26. The minimum absolute atomic E-state index is 0.728. The minimum Gasteiger partial charge on any atom is -0.494 e. The summed E-state index contributed by atoms with van der Waals surface area (Å²) in [6.07, 6.45) is 3.84. The predicted octanol–water partition coefficient (Wildman–Crippen LogP) is -0.0361. The number of nitrogens with one attached hydrogen (secondary N) is 2. The zero-order chi connectivity index (χ0) is 15.9. The van der Waals surface area contributed by atoms with Crippen LogP contribution in [0.25, 0.3) is 0 Å². The molecule has 0 saturated carbocycles. The van der Waals surface area contributed by atoms with E-state index in [-0.39, 0.29) is 0 Å². The molecule has 0 unspecified atom stereocenters. The maximum atomic E-state index is 5.51. The highest BCUT2D eigenvalue weighted by atomic mass is 16.5. The van der Waals surface area contributed by atoms with E-state index in [0.717, 1.165) is 25.4 Å². The van der Waals surface area contributed by atoms with E-state index in [1.165, 1.54) is 37.3 Å². The van der Waals surface area contributed by atoms with Crippen molar-refractivity contribution in [2.24, 2.45) is 0 Å². The van der Waals surface area contributed by atoms with Gasteiger partial charge in [-0.1, -0.05) is 6.07 Å². The van der Waals surface area contributed by atoms with Gasteiger partial charge >= 0.3 is 0 Å². The Kier molecular flexibility index (Phi) is 5.61. The van der Waals surface area contributed by atoms with Crippen molar-refractivity contribution >= 4 is 0 Å². The van der Waals surface area contributed by atoms with Crippen molar-refractivity contribution in [3.63, 3.8) is 0 Å². The summed E-state index contributed by atoms with van der Waals surface area (Å²) < 4.78 is 5.51. The molecule has 2 aromatic rings. The van der Waals surface area contributed by atoms with Crippen LogP contribution in [0.4, 0.5) is 0 Å². The van der Waals surface area contributed by atoms with Crippen molar-refractivity contribution in [3.8, 4) is 5.75 Å². The first-order valence-corrected chi connectivity index (χ1v) is 8.61. The summed E-state index contributed by atoms with van der Waals surface area (Å²) in [6.45, 7) is 9.92. The molecule has 1 saturated heterocycles. The molecule has 2 N–H and O–H groups in total. The van der Waals surface area contributed by atoms with Crippen LogP contribution in [-0.4, -0.2) is 37.8 Å². The van der Waals surface area contributed by atoms with Gasteiger partial charge in [0.05, 0.1) is 6.61 Å². The van der Waals surface area contributed by atoms with E-state index < -0.39 is 0 Å². The quantitative estimate of drug-likeness (QED) is 0.784. The molecule has 2 heterocycles. The molecule has 1 aliphatic heterocycles. The van der Waals surface area contributed by atoms with Crippen LogP contribution in [0.15, 0.2) is 48.8 Å². The molecule has 1 aromatic carbocycles. The summed E-state index contributed by atoms with van der Waals surface area (Å²) >= 11 is 0. The third-order valence-electron chi connectivity index (χ3n) is 4.53. The summed E-state index contributed by atoms with van der Waals surface area (Å²) in [5, 5.41) is 0. The summed E-state index contributed by atoms with van der Waals surface area (Å²) in [4.78, 5) is 7.57. The monoisotopic (exact) mass is 313 g/mol. The first-order valence-electron chi connectivity index (χ1n) is 8.61. The van der Waals surface area contributed by atoms with Crippen molar-refractivity contribution < 1.29 is 14.5 Å². The van der Waals surface area contributed by atoms with Crippen molar-refractivity contribution in [2.45, 2.75) is 20.0 Å². The van der Waals surface area contributed by atoms with E-state index in [4.69, 9.17) is 4.74 Å². The second-order valence-corrected chi connectivity index (χ2v) is 6.29. The molecular weight excluding hydrogens is 286 g/mol. The van der Waals surface area contributed by atoms with Gasteiger partial charge in [-0.05, 0) is 37.3 Å².